The minimum absolute atomic E-state index is 0.189. The quantitative estimate of drug-likeness (QED) is 0.692. The van der Waals surface area contributed by atoms with E-state index in [0.29, 0.717) is 16.7 Å². The predicted octanol–water partition coefficient (Wildman–Crippen LogP) is 5.06. The molecule has 4 aliphatic carbocycles. The second-order valence-corrected chi connectivity index (χ2v) is 10.4. The highest BCUT2D eigenvalue weighted by molar-refractivity contribution is 6.20. The molecule has 5 nitrogen and oxygen atoms in total. The van der Waals surface area contributed by atoms with E-state index in [4.69, 9.17) is 0 Å². The van der Waals surface area contributed by atoms with Gasteiger partial charge >= 0.3 is 0 Å². The van der Waals surface area contributed by atoms with E-state index >= 15 is 0 Å². The SMILES string of the molecule is O=C(Nc1ccc(C23CC4CC(CC(C4)C2)C3)cc1)c1ccc(N2C(=O)CCC2=O)cc1. The van der Waals surface area contributed by atoms with Gasteiger partial charge in [-0.3, -0.25) is 19.3 Å². The van der Waals surface area contributed by atoms with E-state index in [2.05, 4.69) is 17.4 Å². The highest BCUT2D eigenvalue weighted by Crippen LogP contribution is 2.60. The number of amides is 3. The molecule has 32 heavy (non-hydrogen) atoms. The van der Waals surface area contributed by atoms with Crippen molar-refractivity contribution >= 4 is 29.1 Å². The first-order valence-electron chi connectivity index (χ1n) is 11.9. The van der Waals surface area contributed by atoms with Crippen molar-refractivity contribution in [3.05, 3.63) is 59.7 Å². The summed E-state index contributed by atoms with van der Waals surface area (Å²) in [5.41, 5.74) is 3.61. The number of imide groups is 1. The molecule has 2 aromatic carbocycles. The lowest BCUT2D eigenvalue weighted by Gasteiger charge is -2.57. The summed E-state index contributed by atoms with van der Waals surface area (Å²) in [4.78, 5) is 37.7. The van der Waals surface area contributed by atoms with Crippen LogP contribution in [-0.4, -0.2) is 17.7 Å². The largest absolute Gasteiger partial charge is 0.322 e. The first-order valence-corrected chi connectivity index (χ1v) is 11.9. The molecule has 0 radical (unpaired) electrons. The molecule has 4 bridgehead atoms. The normalized spacial score (nSPS) is 30.8. The summed E-state index contributed by atoms with van der Waals surface area (Å²) < 4.78 is 0. The highest BCUT2D eigenvalue weighted by atomic mass is 16.2. The van der Waals surface area contributed by atoms with Crippen molar-refractivity contribution in [2.45, 2.75) is 56.8 Å². The third kappa shape index (κ3) is 3.26. The lowest BCUT2D eigenvalue weighted by atomic mass is 9.48. The fourth-order valence-corrected chi connectivity index (χ4v) is 7.20. The van der Waals surface area contributed by atoms with E-state index in [1.807, 2.05) is 12.1 Å². The Labute approximate surface area is 188 Å². The van der Waals surface area contributed by atoms with Gasteiger partial charge in [0.1, 0.15) is 0 Å². The number of anilines is 2. The van der Waals surface area contributed by atoms with Gasteiger partial charge in [0, 0.05) is 24.1 Å². The molecule has 7 rings (SSSR count). The molecule has 1 aliphatic heterocycles. The fraction of sp³-hybridized carbons (Fsp3) is 0.444. The van der Waals surface area contributed by atoms with Gasteiger partial charge in [-0.1, -0.05) is 12.1 Å². The number of hydrogen-bond donors (Lipinski definition) is 1. The van der Waals surface area contributed by atoms with Gasteiger partial charge in [-0.15, -0.1) is 0 Å². The number of nitrogens with zero attached hydrogens (tertiary/aromatic N) is 1. The number of hydrogen-bond acceptors (Lipinski definition) is 3. The number of benzene rings is 2. The van der Waals surface area contributed by atoms with Crippen LogP contribution in [0.5, 0.6) is 0 Å². The molecule has 5 fully saturated rings. The first-order chi connectivity index (χ1) is 15.5. The van der Waals surface area contributed by atoms with Crippen LogP contribution in [0, 0.1) is 17.8 Å². The van der Waals surface area contributed by atoms with Crippen LogP contribution in [0.3, 0.4) is 0 Å². The molecule has 5 heteroatoms. The van der Waals surface area contributed by atoms with Crippen LogP contribution in [0.2, 0.25) is 0 Å². The maximum Gasteiger partial charge on any atom is 0.255 e. The molecule has 3 amide bonds. The summed E-state index contributed by atoms with van der Waals surface area (Å²) in [6, 6.07) is 15.1. The monoisotopic (exact) mass is 428 g/mol. The Morgan fingerprint density at radius 1 is 0.781 bits per heavy atom. The third-order valence-corrected chi connectivity index (χ3v) is 8.23. The van der Waals surface area contributed by atoms with E-state index in [1.165, 1.54) is 49.0 Å². The minimum Gasteiger partial charge on any atom is -0.322 e. The first kappa shape index (κ1) is 19.7. The average Bonchev–Trinajstić information content (AvgIpc) is 3.11. The summed E-state index contributed by atoms with van der Waals surface area (Å²) in [6.45, 7) is 0. The number of carbonyl (C=O) groups is 3. The lowest BCUT2D eigenvalue weighted by Crippen LogP contribution is -2.48. The molecule has 5 aliphatic rings. The Balaban J connectivity index is 1.15. The van der Waals surface area contributed by atoms with Crippen LogP contribution in [-0.2, 0) is 15.0 Å². The molecule has 1 heterocycles. The third-order valence-electron chi connectivity index (χ3n) is 8.23. The molecular weight excluding hydrogens is 400 g/mol. The molecule has 0 unspecified atom stereocenters. The summed E-state index contributed by atoms with van der Waals surface area (Å²) in [6.07, 6.45) is 8.81. The van der Waals surface area contributed by atoms with Crippen LogP contribution < -0.4 is 10.2 Å². The molecule has 164 valence electrons. The van der Waals surface area contributed by atoms with E-state index in [0.717, 1.165) is 23.4 Å². The van der Waals surface area contributed by atoms with Gasteiger partial charge in [-0.25, -0.2) is 0 Å². The predicted molar refractivity (Wildman–Crippen MR) is 122 cm³/mol. The van der Waals surface area contributed by atoms with Crippen molar-refractivity contribution in [2.75, 3.05) is 10.2 Å². The zero-order chi connectivity index (χ0) is 21.9. The highest BCUT2D eigenvalue weighted by Gasteiger charge is 2.51. The van der Waals surface area contributed by atoms with Crippen molar-refractivity contribution in [3.63, 3.8) is 0 Å². The van der Waals surface area contributed by atoms with Crippen LogP contribution in [0.1, 0.15) is 67.3 Å². The van der Waals surface area contributed by atoms with E-state index in [1.54, 1.807) is 24.3 Å². The standard InChI is InChI=1S/C27H28N2O3/c30-24-9-10-25(31)29(24)23-7-1-20(2-8-23)26(32)28-22-5-3-21(4-6-22)27-14-17-11-18(15-27)13-19(12-17)16-27/h1-8,17-19H,9-16H2,(H,28,32). The van der Waals surface area contributed by atoms with Crippen molar-refractivity contribution in [2.24, 2.45) is 17.8 Å². The molecule has 0 spiro atoms. The van der Waals surface area contributed by atoms with Crippen LogP contribution in [0.15, 0.2) is 48.5 Å². The smallest absolute Gasteiger partial charge is 0.255 e. The second-order valence-electron chi connectivity index (χ2n) is 10.4. The Bertz CT molecular complexity index is 1040. The Morgan fingerprint density at radius 2 is 1.31 bits per heavy atom. The molecule has 0 atom stereocenters. The van der Waals surface area contributed by atoms with Crippen LogP contribution >= 0.6 is 0 Å². The van der Waals surface area contributed by atoms with Gasteiger partial charge in [0.05, 0.1) is 5.69 Å². The van der Waals surface area contributed by atoms with Gasteiger partial charge in [0.25, 0.3) is 5.91 Å². The number of carbonyl (C=O) groups excluding carboxylic acids is 3. The Hall–Kier alpha value is -2.95. The Morgan fingerprint density at radius 3 is 1.84 bits per heavy atom. The van der Waals surface area contributed by atoms with Crippen molar-refractivity contribution in [3.8, 4) is 0 Å². The molecule has 1 saturated heterocycles. The van der Waals surface area contributed by atoms with Gasteiger partial charge in [0.15, 0.2) is 0 Å². The zero-order valence-electron chi connectivity index (χ0n) is 18.2. The summed E-state index contributed by atoms with van der Waals surface area (Å²) in [5, 5.41) is 2.98. The maximum atomic E-state index is 12.7. The average molecular weight is 429 g/mol. The number of rotatable bonds is 4. The van der Waals surface area contributed by atoms with Gasteiger partial charge < -0.3 is 5.32 Å². The van der Waals surface area contributed by atoms with Crippen molar-refractivity contribution in [1.82, 2.24) is 0 Å². The summed E-state index contributed by atoms with van der Waals surface area (Å²) in [7, 11) is 0. The summed E-state index contributed by atoms with van der Waals surface area (Å²) >= 11 is 0. The van der Waals surface area contributed by atoms with Gasteiger partial charge in [0.2, 0.25) is 11.8 Å². The van der Waals surface area contributed by atoms with E-state index in [9.17, 15) is 14.4 Å². The van der Waals surface area contributed by atoms with Gasteiger partial charge in [-0.05, 0) is 104 Å². The topological polar surface area (TPSA) is 66.5 Å². The molecular formula is C27H28N2O3. The molecule has 4 saturated carbocycles. The fourth-order valence-electron chi connectivity index (χ4n) is 7.20. The van der Waals surface area contributed by atoms with E-state index < -0.39 is 0 Å². The van der Waals surface area contributed by atoms with Crippen molar-refractivity contribution in [1.29, 1.82) is 0 Å². The maximum absolute atomic E-state index is 12.7. The molecule has 1 N–H and O–H groups in total. The van der Waals surface area contributed by atoms with E-state index in [-0.39, 0.29) is 30.6 Å². The van der Waals surface area contributed by atoms with Crippen LogP contribution in [0.4, 0.5) is 11.4 Å². The number of nitrogens with one attached hydrogen (secondary N) is 1. The van der Waals surface area contributed by atoms with Crippen LogP contribution in [0.25, 0.3) is 0 Å². The minimum atomic E-state index is -0.196. The summed E-state index contributed by atoms with van der Waals surface area (Å²) in [5.74, 6) is 2.16. The van der Waals surface area contributed by atoms with Gasteiger partial charge in [-0.2, -0.15) is 0 Å². The Kier molecular flexibility index (Phi) is 4.49. The van der Waals surface area contributed by atoms with Crippen molar-refractivity contribution < 1.29 is 14.4 Å². The zero-order valence-corrected chi connectivity index (χ0v) is 18.2. The molecule has 2 aromatic rings. The molecule has 0 aromatic heterocycles. The lowest BCUT2D eigenvalue weighted by molar-refractivity contribution is -0.121. The second kappa shape index (κ2) is 7.29.